The molecule has 1 atom stereocenters. The summed E-state index contributed by atoms with van der Waals surface area (Å²) in [5, 5.41) is 0.458. The van der Waals surface area contributed by atoms with Gasteiger partial charge in [-0.05, 0) is 18.5 Å². The molecule has 0 amide bonds. The molecule has 1 aromatic rings. The third kappa shape index (κ3) is 2.15. The van der Waals surface area contributed by atoms with Crippen LogP contribution in [0, 0.1) is 0 Å². The maximum Gasteiger partial charge on any atom is 0.183 e. The minimum absolute atomic E-state index is 0.151. The molecule has 2 N–H and O–H groups in total. The Morgan fingerprint density at radius 2 is 2.18 bits per heavy atom. The quantitative estimate of drug-likeness (QED) is 0.902. The van der Waals surface area contributed by atoms with E-state index in [2.05, 4.69) is 0 Å². The van der Waals surface area contributed by atoms with Gasteiger partial charge < -0.3 is 19.9 Å². The van der Waals surface area contributed by atoms with Crippen molar-refractivity contribution in [2.24, 2.45) is 5.73 Å². The number of methoxy groups -OCH3 is 1. The highest BCUT2D eigenvalue weighted by Crippen LogP contribution is 2.47. The molecule has 5 heteroatoms. The molecule has 1 unspecified atom stereocenters. The molecule has 0 saturated heterocycles. The van der Waals surface area contributed by atoms with Crippen LogP contribution in [-0.4, -0.2) is 26.9 Å². The van der Waals surface area contributed by atoms with Gasteiger partial charge in [0.2, 0.25) is 0 Å². The topological polar surface area (TPSA) is 53.7 Å². The van der Waals surface area contributed by atoms with E-state index < -0.39 is 0 Å². The average Bonchev–Trinajstić information content (AvgIpc) is 2.37. The fourth-order valence-corrected chi connectivity index (χ4v) is 2.18. The molecular weight excluding hydrogens is 242 g/mol. The molecule has 0 bridgehead atoms. The average molecular weight is 258 g/mol. The van der Waals surface area contributed by atoms with Crippen molar-refractivity contribution in [3.63, 3.8) is 0 Å². The van der Waals surface area contributed by atoms with Crippen LogP contribution in [0.2, 0.25) is 5.02 Å². The van der Waals surface area contributed by atoms with Crippen LogP contribution in [0.25, 0.3) is 0 Å². The Balaban J connectivity index is 2.55. The summed E-state index contributed by atoms with van der Waals surface area (Å²) in [4.78, 5) is 0. The van der Waals surface area contributed by atoms with Gasteiger partial charge in [-0.1, -0.05) is 18.5 Å². The number of halogens is 1. The molecule has 0 radical (unpaired) electrons. The lowest BCUT2D eigenvalue weighted by atomic mass is 9.99. The van der Waals surface area contributed by atoms with E-state index >= 15 is 0 Å². The van der Waals surface area contributed by atoms with Gasteiger partial charge in [0.1, 0.15) is 24.0 Å². The van der Waals surface area contributed by atoms with E-state index in [1.165, 1.54) is 0 Å². The maximum absolute atomic E-state index is 6.26. The standard InChI is InChI=1S/C12H16ClNO3/c1-7(6-14)8-5-9-12(17-4-3-16-9)10(13)11(8)15-2/h5,7H,3-4,6,14H2,1-2H3. The van der Waals surface area contributed by atoms with Gasteiger partial charge in [0.05, 0.1) is 7.11 Å². The fraction of sp³-hybridized carbons (Fsp3) is 0.500. The SMILES string of the molecule is COc1c(C(C)CN)cc2c(c1Cl)OCCO2. The summed E-state index contributed by atoms with van der Waals surface area (Å²) in [5.74, 6) is 1.99. The van der Waals surface area contributed by atoms with Crippen molar-refractivity contribution >= 4 is 11.6 Å². The van der Waals surface area contributed by atoms with Gasteiger partial charge in [-0.3, -0.25) is 0 Å². The predicted octanol–water partition coefficient (Wildman–Crippen LogP) is 2.18. The van der Waals surface area contributed by atoms with Crippen molar-refractivity contribution in [1.29, 1.82) is 0 Å². The Morgan fingerprint density at radius 1 is 1.47 bits per heavy atom. The molecule has 0 aromatic heterocycles. The number of rotatable bonds is 3. The van der Waals surface area contributed by atoms with Crippen molar-refractivity contribution in [2.45, 2.75) is 12.8 Å². The first-order valence-corrected chi connectivity index (χ1v) is 5.92. The lowest BCUT2D eigenvalue weighted by molar-refractivity contribution is 0.170. The van der Waals surface area contributed by atoms with Crippen molar-refractivity contribution in [3.8, 4) is 17.2 Å². The Morgan fingerprint density at radius 3 is 2.82 bits per heavy atom. The summed E-state index contributed by atoms with van der Waals surface area (Å²) in [6.45, 7) is 3.57. The minimum atomic E-state index is 0.151. The summed E-state index contributed by atoms with van der Waals surface area (Å²) in [7, 11) is 1.59. The predicted molar refractivity (Wildman–Crippen MR) is 66.5 cm³/mol. The summed E-state index contributed by atoms with van der Waals surface area (Å²) in [5.41, 5.74) is 6.63. The van der Waals surface area contributed by atoms with Crippen LogP contribution in [-0.2, 0) is 0 Å². The van der Waals surface area contributed by atoms with Gasteiger partial charge in [0.15, 0.2) is 11.5 Å². The molecule has 94 valence electrons. The molecule has 1 heterocycles. The number of fused-ring (bicyclic) bond motifs is 1. The van der Waals surface area contributed by atoms with Crippen LogP contribution in [0.1, 0.15) is 18.4 Å². The van der Waals surface area contributed by atoms with E-state index in [9.17, 15) is 0 Å². The second kappa shape index (κ2) is 5.02. The number of nitrogens with two attached hydrogens (primary N) is 1. The first-order valence-electron chi connectivity index (χ1n) is 5.55. The van der Waals surface area contributed by atoms with E-state index in [0.29, 0.717) is 42.0 Å². The number of hydrogen-bond acceptors (Lipinski definition) is 4. The molecule has 17 heavy (non-hydrogen) atoms. The molecule has 1 aliphatic heterocycles. The second-order valence-corrected chi connectivity index (χ2v) is 4.35. The molecule has 0 aliphatic carbocycles. The van der Waals surface area contributed by atoms with Gasteiger partial charge in [-0.2, -0.15) is 0 Å². The molecule has 2 rings (SSSR count). The van der Waals surface area contributed by atoms with Gasteiger partial charge in [0, 0.05) is 5.56 Å². The van der Waals surface area contributed by atoms with E-state index in [0.717, 1.165) is 5.56 Å². The monoisotopic (exact) mass is 257 g/mol. The summed E-state index contributed by atoms with van der Waals surface area (Å²) < 4.78 is 16.4. The molecule has 0 spiro atoms. The van der Waals surface area contributed by atoms with Crippen LogP contribution in [0.4, 0.5) is 0 Å². The third-order valence-corrected chi connectivity index (χ3v) is 3.19. The van der Waals surface area contributed by atoms with Gasteiger partial charge in [0.25, 0.3) is 0 Å². The summed E-state index contributed by atoms with van der Waals surface area (Å²) in [6.07, 6.45) is 0. The Bertz CT molecular complexity index is 423. The zero-order valence-electron chi connectivity index (χ0n) is 9.96. The Kier molecular flexibility index (Phi) is 3.64. The van der Waals surface area contributed by atoms with Crippen LogP contribution in [0.15, 0.2) is 6.07 Å². The van der Waals surface area contributed by atoms with Gasteiger partial charge in [-0.25, -0.2) is 0 Å². The highest BCUT2D eigenvalue weighted by atomic mass is 35.5. The van der Waals surface area contributed by atoms with E-state index in [-0.39, 0.29) is 5.92 Å². The smallest absolute Gasteiger partial charge is 0.183 e. The minimum Gasteiger partial charge on any atom is -0.495 e. The molecule has 0 saturated carbocycles. The lowest BCUT2D eigenvalue weighted by Crippen LogP contribution is -2.17. The zero-order valence-corrected chi connectivity index (χ0v) is 10.7. The lowest BCUT2D eigenvalue weighted by Gasteiger charge is -2.24. The molecule has 0 fully saturated rings. The molecule has 1 aliphatic rings. The zero-order chi connectivity index (χ0) is 12.4. The first-order chi connectivity index (χ1) is 8.19. The van der Waals surface area contributed by atoms with Crippen LogP contribution >= 0.6 is 11.6 Å². The summed E-state index contributed by atoms with van der Waals surface area (Å²) in [6, 6.07) is 1.90. The van der Waals surface area contributed by atoms with Crippen molar-refractivity contribution in [2.75, 3.05) is 26.9 Å². The van der Waals surface area contributed by atoms with Crippen molar-refractivity contribution < 1.29 is 14.2 Å². The van der Waals surface area contributed by atoms with Crippen LogP contribution in [0.5, 0.6) is 17.2 Å². The molecular formula is C12H16ClNO3. The highest BCUT2D eigenvalue weighted by Gasteiger charge is 2.24. The van der Waals surface area contributed by atoms with Crippen LogP contribution < -0.4 is 19.9 Å². The van der Waals surface area contributed by atoms with Gasteiger partial charge in [-0.15, -0.1) is 0 Å². The summed E-state index contributed by atoms with van der Waals surface area (Å²) >= 11 is 6.26. The second-order valence-electron chi connectivity index (χ2n) is 3.97. The third-order valence-electron chi connectivity index (χ3n) is 2.85. The Hall–Kier alpha value is -1.13. The van der Waals surface area contributed by atoms with Crippen LogP contribution in [0.3, 0.4) is 0 Å². The molecule has 4 nitrogen and oxygen atoms in total. The maximum atomic E-state index is 6.26. The normalized spacial score (nSPS) is 15.5. The van der Waals surface area contributed by atoms with Crippen molar-refractivity contribution in [3.05, 3.63) is 16.7 Å². The van der Waals surface area contributed by atoms with Crippen molar-refractivity contribution in [1.82, 2.24) is 0 Å². The highest BCUT2D eigenvalue weighted by molar-refractivity contribution is 6.34. The first kappa shape index (κ1) is 12.3. The van der Waals surface area contributed by atoms with E-state index in [1.807, 2.05) is 13.0 Å². The molecule has 1 aromatic carbocycles. The number of hydrogen-bond donors (Lipinski definition) is 1. The van der Waals surface area contributed by atoms with E-state index in [4.69, 9.17) is 31.5 Å². The number of benzene rings is 1. The largest absolute Gasteiger partial charge is 0.495 e. The Labute approximate surface area is 106 Å². The van der Waals surface area contributed by atoms with E-state index in [1.54, 1.807) is 7.11 Å². The number of ether oxygens (including phenoxy) is 3. The fourth-order valence-electron chi connectivity index (χ4n) is 1.85. The van der Waals surface area contributed by atoms with Gasteiger partial charge >= 0.3 is 0 Å².